The summed E-state index contributed by atoms with van der Waals surface area (Å²) in [4.78, 5) is 11.0. The van der Waals surface area contributed by atoms with E-state index in [4.69, 9.17) is 0 Å². The molecule has 0 aromatic rings. The van der Waals surface area contributed by atoms with Gasteiger partial charge in [-0.3, -0.25) is 4.79 Å². The number of carbonyl (C=O) groups excluding carboxylic acids is 1. The number of hydrogen-bond acceptors (Lipinski definition) is 2. The van der Waals surface area contributed by atoms with Crippen LogP contribution >= 0.6 is 0 Å². The second-order valence-electron chi connectivity index (χ2n) is 4.04. The third-order valence-electron chi connectivity index (χ3n) is 1.75. The van der Waals surface area contributed by atoms with Gasteiger partial charge in [-0.05, 0) is 12.3 Å². The predicted octanol–water partition coefficient (Wildman–Crippen LogP) is 0.920. The van der Waals surface area contributed by atoms with Crippen molar-refractivity contribution < 1.29 is 9.90 Å². The number of aliphatic hydroxyl groups is 1. The van der Waals surface area contributed by atoms with Crippen LogP contribution in [0.25, 0.3) is 0 Å². The van der Waals surface area contributed by atoms with E-state index in [1.54, 1.807) is 0 Å². The van der Waals surface area contributed by atoms with Crippen molar-refractivity contribution in [3.8, 4) is 0 Å². The molecule has 3 nitrogen and oxygen atoms in total. The first-order valence-electron chi connectivity index (χ1n) is 4.32. The summed E-state index contributed by atoms with van der Waals surface area (Å²) in [6, 6.07) is 0. The fraction of sp³-hybridized carbons (Fsp3) is 0.889. The van der Waals surface area contributed by atoms with Gasteiger partial charge in [0.15, 0.2) is 0 Å². The first kappa shape index (κ1) is 11.4. The van der Waals surface area contributed by atoms with Crippen LogP contribution in [0.1, 0.15) is 34.1 Å². The topological polar surface area (TPSA) is 49.3 Å². The molecule has 0 bridgehead atoms. The van der Waals surface area contributed by atoms with Gasteiger partial charge in [-0.2, -0.15) is 0 Å². The first-order chi connectivity index (χ1) is 5.38. The van der Waals surface area contributed by atoms with E-state index < -0.39 is 6.10 Å². The number of aliphatic hydroxyl groups excluding tert-OH is 1. The minimum atomic E-state index is -0.566. The van der Waals surface area contributed by atoms with E-state index in [9.17, 15) is 9.90 Å². The normalized spacial score (nSPS) is 14.1. The SMILES string of the molecule is CCNC(=O)CC(O)C(C)(C)C. The Kier molecular flexibility index (Phi) is 4.24. The zero-order valence-electron chi connectivity index (χ0n) is 8.35. The number of rotatable bonds is 3. The van der Waals surface area contributed by atoms with Gasteiger partial charge in [-0.25, -0.2) is 0 Å². The van der Waals surface area contributed by atoms with Crippen molar-refractivity contribution in [3.63, 3.8) is 0 Å². The van der Waals surface area contributed by atoms with Gasteiger partial charge in [0.1, 0.15) is 0 Å². The van der Waals surface area contributed by atoms with E-state index in [0.717, 1.165) is 0 Å². The lowest BCUT2D eigenvalue weighted by atomic mass is 9.87. The highest BCUT2D eigenvalue weighted by atomic mass is 16.3. The van der Waals surface area contributed by atoms with Crippen molar-refractivity contribution in [2.45, 2.75) is 40.2 Å². The smallest absolute Gasteiger partial charge is 0.222 e. The van der Waals surface area contributed by atoms with Crippen LogP contribution in [0, 0.1) is 5.41 Å². The highest BCUT2D eigenvalue weighted by molar-refractivity contribution is 5.76. The second-order valence-corrected chi connectivity index (χ2v) is 4.04. The Balaban J connectivity index is 3.84. The molecule has 0 fully saturated rings. The standard InChI is InChI=1S/C9H19NO2/c1-5-10-8(12)6-7(11)9(2,3)4/h7,11H,5-6H2,1-4H3,(H,10,12). The van der Waals surface area contributed by atoms with Gasteiger partial charge in [0, 0.05) is 6.54 Å². The molecule has 0 heterocycles. The molecular weight excluding hydrogens is 154 g/mol. The van der Waals surface area contributed by atoms with Gasteiger partial charge < -0.3 is 10.4 Å². The van der Waals surface area contributed by atoms with E-state index in [1.165, 1.54) is 0 Å². The Labute approximate surface area is 74.2 Å². The summed E-state index contributed by atoms with van der Waals surface area (Å²) in [5.74, 6) is -0.0834. The molecule has 0 aliphatic carbocycles. The summed E-state index contributed by atoms with van der Waals surface area (Å²) in [5.41, 5.74) is -0.217. The molecule has 0 aliphatic heterocycles. The molecule has 1 unspecified atom stereocenters. The van der Waals surface area contributed by atoms with Gasteiger partial charge in [0.05, 0.1) is 12.5 Å². The molecule has 1 amide bonds. The van der Waals surface area contributed by atoms with Crippen molar-refractivity contribution in [3.05, 3.63) is 0 Å². The van der Waals surface area contributed by atoms with Gasteiger partial charge >= 0.3 is 0 Å². The molecule has 1 atom stereocenters. The van der Waals surface area contributed by atoms with E-state index in [2.05, 4.69) is 5.32 Å². The van der Waals surface area contributed by atoms with Crippen LogP contribution in [-0.2, 0) is 4.79 Å². The summed E-state index contributed by atoms with van der Waals surface area (Å²) in [6.45, 7) is 8.22. The highest BCUT2D eigenvalue weighted by Crippen LogP contribution is 2.21. The molecular formula is C9H19NO2. The zero-order valence-corrected chi connectivity index (χ0v) is 8.35. The summed E-state index contributed by atoms with van der Waals surface area (Å²) in [5, 5.41) is 12.2. The monoisotopic (exact) mass is 173 g/mol. The summed E-state index contributed by atoms with van der Waals surface area (Å²) < 4.78 is 0. The van der Waals surface area contributed by atoms with E-state index >= 15 is 0 Å². The molecule has 0 saturated heterocycles. The van der Waals surface area contributed by atoms with Crippen LogP contribution in [0.4, 0.5) is 0 Å². The molecule has 72 valence electrons. The first-order valence-corrected chi connectivity index (χ1v) is 4.32. The molecule has 12 heavy (non-hydrogen) atoms. The second kappa shape index (κ2) is 4.45. The molecule has 0 aromatic carbocycles. The fourth-order valence-electron chi connectivity index (χ4n) is 0.751. The maximum Gasteiger partial charge on any atom is 0.222 e. The van der Waals surface area contributed by atoms with Crippen molar-refractivity contribution in [2.75, 3.05) is 6.54 Å². The summed E-state index contributed by atoms with van der Waals surface area (Å²) in [6.07, 6.45) is -0.374. The highest BCUT2D eigenvalue weighted by Gasteiger charge is 2.24. The molecule has 0 aromatic heterocycles. The third-order valence-corrected chi connectivity index (χ3v) is 1.75. The van der Waals surface area contributed by atoms with Crippen LogP contribution in [0.2, 0.25) is 0 Å². The van der Waals surface area contributed by atoms with Crippen molar-refractivity contribution >= 4 is 5.91 Å². The van der Waals surface area contributed by atoms with Crippen LogP contribution < -0.4 is 5.32 Å². The molecule has 0 aliphatic rings. The minimum Gasteiger partial charge on any atom is -0.392 e. The molecule has 0 spiro atoms. The fourth-order valence-corrected chi connectivity index (χ4v) is 0.751. The number of hydrogen-bond donors (Lipinski definition) is 2. The van der Waals surface area contributed by atoms with Gasteiger partial charge in [0.25, 0.3) is 0 Å². The van der Waals surface area contributed by atoms with E-state index in [1.807, 2.05) is 27.7 Å². The van der Waals surface area contributed by atoms with E-state index in [0.29, 0.717) is 6.54 Å². The largest absolute Gasteiger partial charge is 0.392 e. The predicted molar refractivity (Wildman–Crippen MR) is 48.8 cm³/mol. The average molecular weight is 173 g/mol. The van der Waals surface area contributed by atoms with Gasteiger partial charge in [-0.15, -0.1) is 0 Å². The van der Waals surface area contributed by atoms with Gasteiger partial charge in [0.2, 0.25) is 5.91 Å². The average Bonchev–Trinajstić information content (AvgIpc) is 1.85. The van der Waals surface area contributed by atoms with Gasteiger partial charge in [-0.1, -0.05) is 20.8 Å². The Morgan fingerprint density at radius 2 is 2.00 bits per heavy atom. The minimum absolute atomic E-state index is 0.0834. The lowest BCUT2D eigenvalue weighted by Crippen LogP contribution is -2.33. The Bertz CT molecular complexity index is 149. The van der Waals surface area contributed by atoms with E-state index in [-0.39, 0.29) is 17.7 Å². The summed E-state index contributed by atoms with van der Waals surface area (Å²) in [7, 11) is 0. The zero-order chi connectivity index (χ0) is 9.78. The van der Waals surface area contributed by atoms with Crippen LogP contribution in [0.5, 0.6) is 0 Å². The van der Waals surface area contributed by atoms with Crippen molar-refractivity contribution in [2.24, 2.45) is 5.41 Å². The van der Waals surface area contributed by atoms with Crippen LogP contribution in [0.15, 0.2) is 0 Å². The quantitative estimate of drug-likeness (QED) is 0.666. The van der Waals surface area contributed by atoms with Crippen LogP contribution in [-0.4, -0.2) is 23.7 Å². The molecule has 0 rings (SSSR count). The third kappa shape index (κ3) is 4.34. The van der Waals surface area contributed by atoms with Crippen LogP contribution in [0.3, 0.4) is 0 Å². The number of amides is 1. The number of carbonyl (C=O) groups is 1. The van der Waals surface area contributed by atoms with Crippen molar-refractivity contribution in [1.82, 2.24) is 5.32 Å². The lowest BCUT2D eigenvalue weighted by Gasteiger charge is -2.25. The molecule has 3 heteroatoms. The Morgan fingerprint density at radius 3 is 2.33 bits per heavy atom. The van der Waals surface area contributed by atoms with Crippen molar-refractivity contribution in [1.29, 1.82) is 0 Å². The number of nitrogens with one attached hydrogen (secondary N) is 1. The molecule has 0 saturated carbocycles. The summed E-state index contributed by atoms with van der Waals surface area (Å²) >= 11 is 0. The molecule has 2 N–H and O–H groups in total. The maximum absolute atomic E-state index is 11.0. The lowest BCUT2D eigenvalue weighted by molar-refractivity contribution is -0.124. The molecule has 0 radical (unpaired) electrons. The Morgan fingerprint density at radius 1 is 1.50 bits per heavy atom. The maximum atomic E-state index is 11.0. The Hall–Kier alpha value is -0.570.